The summed E-state index contributed by atoms with van der Waals surface area (Å²) in [5.41, 5.74) is 6.23. The van der Waals surface area contributed by atoms with E-state index in [0.29, 0.717) is 16.5 Å². The quantitative estimate of drug-likeness (QED) is 0.564. The number of nitrogens with two attached hydrogens (primary N) is 1. The van der Waals surface area contributed by atoms with Crippen molar-refractivity contribution in [3.05, 3.63) is 69.4 Å². The van der Waals surface area contributed by atoms with Crippen molar-refractivity contribution in [2.75, 3.05) is 11.9 Å². The molecule has 0 aliphatic carbocycles. The van der Waals surface area contributed by atoms with E-state index in [1.807, 2.05) is 0 Å². The number of carbonyl (C=O) groups excluding carboxylic acids is 2. The van der Waals surface area contributed by atoms with Gasteiger partial charge in [0.2, 0.25) is 15.7 Å². The molecule has 2 amide bonds. The maximum absolute atomic E-state index is 13.2. The summed E-state index contributed by atoms with van der Waals surface area (Å²) < 4.78 is 31.6. The van der Waals surface area contributed by atoms with Gasteiger partial charge in [-0.15, -0.1) is 11.3 Å². The predicted octanol–water partition coefficient (Wildman–Crippen LogP) is 3.57. The Hall–Kier alpha value is -2.88. The van der Waals surface area contributed by atoms with Crippen molar-refractivity contribution >= 4 is 50.3 Å². The Morgan fingerprint density at radius 1 is 1.16 bits per heavy atom. The summed E-state index contributed by atoms with van der Waals surface area (Å²) in [6.07, 6.45) is 0.190. The van der Waals surface area contributed by atoms with Crippen molar-refractivity contribution in [3.63, 3.8) is 0 Å². The number of fused-ring (bicyclic) bond motifs is 1. The van der Waals surface area contributed by atoms with Gasteiger partial charge in [-0.05, 0) is 42.0 Å². The van der Waals surface area contributed by atoms with Gasteiger partial charge in [-0.2, -0.15) is 0 Å². The third-order valence-corrected chi connectivity index (χ3v) is 8.12. The van der Waals surface area contributed by atoms with E-state index in [0.717, 1.165) is 10.4 Å². The average Bonchev–Trinajstić information content (AvgIpc) is 3.17. The average molecular weight is 477 g/mol. The lowest BCUT2D eigenvalue weighted by Gasteiger charge is -2.24. The van der Waals surface area contributed by atoms with Gasteiger partial charge in [-0.1, -0.05) is 23.7 Å². The number of rotatable bonds is 6. The van der Waals surface area contributed by atoms with E-state index in [-0.39, 0.29) is 34.6 Å². The highest BCUT2D eigenvalue weighted by Crippen LogP contribution is 2.46. The molecule has 10 heteroatoms. The molecule has 1 atom stereocenters. The van der Waals surface area contributed by atoms with Gasteiger partial charge in [-0.3, -0.25) is 9.59 Å². The van der Waals surface area contributed by atoms with Gasteiger partial charge < -0.3 is 15.8 Å². The summed E-state index contributed by atoms with van der Waals surface area (Å²) in [5.74, 6) is -0.670. The Morgan fingerprint density at radius 2 is 1.84 bits per heavy atom. The molecule has 0 unspecified atom stereocenters. The maximum Gasteiger partial charge on any atom is 0.255 e. The number of carbonyl (C=O) groups is 2. The summed E-state index contributed by atoms with van der Waals surface area (Å²) in [7, 11) is -3.83. The first-order chi connectivity index (χ1) is 14.8. The van der Waals surface area contributed by atoms with Gasteiger partial charge in [0, 0.05) is 27.6 Å². The molecule has 160 valence electrons. The van der Waals surface area contributed by atoms with Crippen LogP contribution in [0.5, 0.6) is 5.75 Å². The molecule has 0 spiro atoms. The zero-order valence-corrected chi connectivity index (χ0v) is 18.4. The summed E-state index contributed by atoms with van der Waals surface area (Å²) in [6, 6.07) is 12.8. The summed E-state index contributed by atoms with van der Waals surface area (Å²) in [5, 5.41) is 4.72. The third-order valence-electron chi connectivity index (χ3n) is 4.83. The van der Waals surface area contributed by atoms with Gasteiger partial charge in [0.25, 0.3) is 5.91 Å². The number of anilines is 1. The molecule has 1 aliphatic heterocycles. The summed E-state index contributed by atoms with van der Waals surface area (Å²) >= 11 is 7.16. The van der Waals surface area contributed by atoms with Gasteiger partial charge >= 0.3 is 0 Å². The summed E-state index contributed by atoms with van der Waals surface area (Å²) in [6.45, 7) is -0.230. The van der Waals surface area contributed by atoms with Crippen LogP contribution in [0.4, 0.5) is 5.69 Å². The molecule has 0 fully saturated rings. The van der Waals surface area contributed by atoms with Crippen LogP contribution in [0.1, 0.15) is 22.8 Å². The van der Waals surface area contributed by atoms with Crippen molar-refractivity contribution < 1.29 is 22.7 Å². The number of thiophene rings is 1. The maximum atomic E-state index is 13.2. The molecule has 0 saturated carbocycles. The van der Waals surface area contributed by atoms with Crippen LogP contribution in [0.15, 0.2) is 63.7 Å². The molecule has 0 saturated heterocycles. The van der Waals surface area contributed by atoms with Gasteiger partial charge in [0.15, 0.2) is 6.61 Å². The first-order valence-corrected chi connectivity index (χ1v) is 11.9. The molecular weight excluding hydrogens is 460 g/mol. The second-order valence-electron chi connectivity index (χ2n) is 6.93. The molecule has 1 aromatic heterocycles. The molecule has 1 aliphatic rings. The van der Waals surface area contributed by atoms with Crippen molar-refractivity contribution in [1.29, 1.82) is 0 Å². The highest BCUT2D eigenvalue weighted by molar-refractivity contribution is 7.91. The Balaban J connectivity index is 1.69. The molecule has 2 heterocycles. The number of hydrogen-bond acceptors (Lipinski definition) is 6. The lowest BCUT2D eigenvalue weighted by molar-refractivity contribution is -0.120. The van der Waals surface area contributed by atoms with Crippen LogP contribution in [0.25, 0.3) is 0 Å². The fraction of sp³-hybridized carbons (Fsp3) is 0.143. The van der Waals surface area contributed by atoms with Crippen LogP contribution < -0.4 is 15.8 Å². The highest BCUT2D eigenvalue weighted by atomic mass is 35.5. The number of benzene rings is 2. The highest BCUT2D eigenvalue weighted by Gasteiger charge is 2.34. The zero-order chi connectivity index (χ0) is 22.2. The number of halogens is 1. The number of ether oxygens (including phenoxy) is 1. The Morgan fingerprint density at radius 3 is 2.48 bits per heavy atom. The Bertz CT molecular complexity index is 1250. The number of primary amides is 1. The van der Waals surface area contributed by atoms with E-state index in [2.05, 4.69) is 5.32 Å². The second kappa shape index (κ2) is 8.33. The van der Waals surface area contributed by atoms with E-state index in [4.69, 9.17) is 22.1 Å². The zero-order valence-electron chi connectivity index (χ0n) is 16.0. The summed E-state index contributed by atoms with van der Waals surface area (Å²) in [4.78, 5) is 24.2. The number of hydrogen-bond donors (Lipinski definition) is 2. The van der Waals surface area contributed by atoms with E-state index in [1.165, 1.54) is 35.6 Å². The van der Waals surface area contributed by atoms with E-state index in [9.17, 15) is 18.0 Å². The molecular formula is C21H17ClN2O5S2. The topological polar surface area (TPSA) is 116 Å². The van der Waals surface area contributed by atoms with Crippen molar-refractivity contribution in [2.45, 2.75) is 22.1 Å². The smallest absolute Gasteiger partial charge is 0.255 e. The number of sulfone groups is 1. The fourth-order valence-corrected chi connectivity index (χ4v) is 6.40. The van der Waals surface area contributed by atoms with Gasteiger partial charge in [-0.25, -0.2) is 8.42 Å². The molecule has 4 rings (SSSR count). The Kier molecular flexibility index (Phi) is 5.74. The third kappa shape index (κ3) is 4.30. The normalized spacial score (nSPS) is 15.8. The van der Waals surface area contributed by atoms with Crippen molar-refractivity contribution in [3.8, 4) is 5.75 Å². The monoisotopic (exact) mass is 476 g/mol. The molecule has 2 aromatic carbocycles. The van der Waals surface area contributed by atoms with Crippen molar-refractivity contribution in [2.24, 2.45) is 5.73 Å². The lowest BCUT2D eigenvalue weighted by Crippen LogP contribution is -2.23. The van der Waals surface area contributed by atoms with E-state index < -0.39 is 15.7 Å². The molecule has 3 N–H and O–H groups in total. The van der Waals surface area contributed by atoms with E-state index >= 15 is 0 Å². The van der Waals surface area contributed by atoms with Gasteiger partial charge in [0.05, 0.1) is 10.6 Å². The van der Waals surface area contributed by atoms with Crippen LogP contribution in [-0.4, -0.2) is 26.8 Å². The largest absolute Gasteiger partial charge is 0.484 e. The van der Waals surface area contributed by atoms with Crippen LogP contribution in [0.3, 0.4) is 0 Å². The molecule has 3 aromatic rings. The van der Waals surface area contributed by atoms with Crippen LogP contribution in [0.2, 0.25) is 5.02 Å². The molecule has 0 radical (unpaired) electrons. The lowest BCUT2D eigenvalue weighted by atomic mass is 9.90. The Labute approximate surface area is 187 Å². The fourth-order valence-electron chi connectivity index (χ4n) is 3.36. The number of nitrogens with one attached hydrogen (secondary N) is 1. The van der Waals surface area contributed by atoms with E-state index in [1.54, 1.807) is 29.6 Å². The minimum absolute atomic E-state index is 0.0642. The van der Waals surface area contributed by atoms with Crippen molar-refractivity contribution in [1.82, 2.24) is 0 Å². The predicted molar refractivity (Wildman–Crippen MR) is 117 cm³/mol. The minimum atomic E-state index is -3.83. The van der Waals surface area contributed by atoms with Gasteiger partial charge in [0.1, 0.15) is 10.6 Å². The first-order valence-electron chi connectivity index (χ1n) is 9.18. The molecule has 31 heavy (non-hydrogen) atoms. The SMILES string of the molecule is NC(=O)COc1ccc([C@@H]2CC(=O)Nc3c(S(=O)(=O)c4ccc(Cl)cc4)csc32)cc1. The second-order valence-corrected chi connectivity index (χ2v) is 10.2. The molecule has 0 bridgehead atoms. The standard InChI is InChI=1S/C21H17ClN2O5S2/c22-13-3-7-15(8-4-13)31(27,28)17-11-30-21-16(9-19(26)24-20(17)21)12-1-5-14(6-2-12)29-10-18(23)25/h1-8,11,16H,9-10H2,(H2,23,25)(H,24,26)/t16-/m0/s1. The first kappa shape index (κ1) is 21.4. The minimum Gasteiger partial charge on any atom is -0.484 e. The van der Waals surface area contributed by atoms with Crippen LogP contribution in [-0.2, 0) is 19.4 Å². The molecule has 7 nitrogen and oxygen atoms in total. The van der Waals surface area contributed by atoms with Crippen LogP contribution >= 0.6 is 22.9 Å². The number of amides is 2. The van der Waals surface area contributed by atoms with Crippen LogP contribution in [0, 0.1) is 0 Å².